The van der Waals surface area contributed by atoms with E-state index in [4.69, 9.17) is 0 Å². The second-order valence-corrected chi connectivity index (χ2v) is 5.82. The van der Waals surface area contributed by atoms with Crippen LogP contribution in [0, 0.1) is 5.92 Å². The quantitative estimate of drug-likeness (QED) is 0.750. The lowest BCUT2D eigenvalue weighted by Crippen LogP contribution is -2.40. The molecule has 2 rings (SSSR count). The van der Waals surface area contributed by atoms with Gasteiger partial charge in [0.15, 0.2) is 0 Å². The van der Waals surface area contributed by atoms with Crippen LogP contribution in [0.1, 0.15) is 19.8 Å². The van der Waals surface area contributed by atoms with E-state index in [1.54, 1.807) is 0 Å². The summed E-state index contributed by atoms with van der Waals surface area (Å²) in [6, 6.07) is 0. The van der Waals surface area contributed by atoms with Gasteiger partial charge in [0, 0.05) is 25.5 Å². The lowest BCUT2D eigenvalue weighted by atomic mass is 10.0. The van der Waals surface area contributed by atoms with Gasteiger partial charge in [0.2, 0.25) is 0 Å². The van der Waals surface area contributed by atoms with Crippen molar-refractivity contribution in [2.24, 2.45) is 5.92 Å². The molecule has 0 aromatic carbocycles. The van der Waals surface area contributed by atoms with Crippen molar-refractivity contribution in [3.05, 3.63) is 18.7 Å². The Labute approximate surface area is 89.9 Å². The fourth-order valence-electron chi connectivity index (χ4n) is 1.73. The van der Waals surface area contributed by atoms with E-state index >= 15 is 0 Å². The highest BCUT2D eigenvalue weighted by molar-refractivity contribution is 7.87. The summed E-state index contributed by atoms with van der Waals surface area (Å²) in [5, 5.41) is 0. The Morgan fingerprint density at radius 1 is 1.33 bits per heavy atom. The molecule has 0 bridgehead atoms. The average molecular weight is 229 g/mol. The first-order chi connectivity index (χ1) is 7.10. The third kappa shape index (κ3) is 2.05. The Morgan fingerprint density at radius 3 is 2.53 bits per heavy atom. The topological polar surface area (TPSA) is 55.2 Å². The van der Waals surface area contributed by atoms with Gasteiger partial charge < -0.3 is 0 Å². The molecule has 0 N–H and O–H groups in total. The van der Waals surface area contributed by atoms with Gasteiger partial charge in [0.1, 0.15) is 6.33 Å². The minimum atomic E-state index is -3.35. The Hall–Kier alpha value is -0.880. The lowest BCUT2D eigenvalue weighted by Gasteiger charge is -2.29. The van der Waals surface area contributed by atoms with Gasteiger partial charge in [-0.15, -0.1) is 0 Å². The molecule has 0 saturated carbocycles. The molecule has 2 heterocycles. The maximum Gasteiger partial charge on any atom is 0.308 e. The van der Waals surface area contributed by atoms with Crippen molar-refractivity contribution in [2.75, 3.05) is 13.1 Å². The summed E-state index contributed by atoms with van der Waals surface area (Å²) < 4.78 is 26.7. The monoisotopic (exact) mass is 229 g/mol. The molecule has 0 radical (unpaired) electrons. The molecular weight excluding hydrogens is 214 g/mol. The second-order valence-electron chi connectivity index (χ2n) is 3.98. The average Bonchev–Trinajstić information content (AvgIpc) is 2.71. The molecule has 0 aliphatic carbocycles. The van der Waals surface area contributed by atoms with Crippen LogP contribution < -0.4 is 0 Å². The maximum absolute atomic E-state index is 12.0. The van der Waals surface area contributed by atoms with Crippen LogP contribution in [0.3, 0.4) is 0 Å². The first-order valence-corrected chi connectivity index (χ1v) is 6.49. The molecule has 5 nitrogen and oxygen atoms in total. The number of piperidine rings is 1. The molecule has 1 aliphatic rings. The largest absolute Gasteiger partial charge is 0.308 e. The molecular formula is C9H15N3O2S. The van der Waals surface area contributed by atoms with E-state index in [1.165, 1.54) is 27.0 Å². The lowest BCUT2D eigenvalue weighted by molar-refractivity contribution is 0.285. The Bertz CT molecular complexity index is 405. The zero-order valence-electron chi connectivity index (χ0n) is 8.70. The molecule has 6 heteroatoms. The van der Waals surface area contributed by atoms with Gasteiger partial charge in [0.25, 0.3) is 0 Å². The van der Waals surface area contributed by atoms with Crippen LogP contribution in [0.15, 0.2) is 18.7 Å². The highest BCUT2D eigenvalue weighted by Crippen LogP contribution is 2.19. The van der Waals surface area contributed by atoms with Crippen LogP contribution in [0.2, 0.25) is 0 Å². The van der Waals surface area contributed by atoms with E-state index in [-0.39, 0.29) is 0 Å². The summed E-state index contributed by atoms with van der Waals surface area (Å²) in [5.74, 6) is 0.624. The molecule has 1 aliphatic heterocycles. The van der Waals surface area contributed by atoms with E-state index in [2.05, 4.69) is 11.9 Å². The van der Waals surface area contributed by atoms with Gasteiger partial charge in [-0.25, -0.2) is 8.96 Å². The van der Waals surface area contributed by atoms with Crippen molar-refractivity contribution in [2.45, 2.75) is 19.8 Å². The zero-order chi connectivity index (χ0) is 10.9. The molecule has 1 saturated heterocycles. The van der Waals surface area contributed by atoms with Crippen molar-refractivity contribution in [3.8, 4) is 0 Å². The Kier molecular flexibility index (Phi) is 2.79. The number of nitrogens with zero attached hydrogens (tertiary/aromatic N) is 3. The van der Waals surface area contributed by atoms with Crippen molar-refractivity contribution in [3.63, 3.8) is 0 Å². The zero-order valence-corrected chi connectivity index (χ0v) is 9.52. The predicted molar refractivity (Wildman–Crippen MR) is 56.5 cm³/mol. The molecule has 0 amide bonds. The standard InChI is InChI=1S/C9H15N3O2S/c1-9-2-5-11(6-3-9)15(13,14)12-7-4-10-8-12/h4,7-9H,2-3,5-6H2,1H3. The van der Waals surface area contributed by atoms with Crippen molar-refractivity contribution >= 4 is 10.2 Å². The number of aromatic nitrogens is 2. The van der Waals surface area contributed by atoms with Crippen LogP contribution in [-0.2, 0) is 10.2 Å². The van der Waals surface area contributed by atoms with Crippen LogP contribution in [-0.4, -0.2) is 34.8 Å². The number of hydrogen-bond acceptors (Lipinski definition) is 3. The molecule has 0 atom stereocenters. The molecule has 0 spiro atoms. The van der Waals surface area contributed by atoms with E-state index in [0.29, 0.717) is 19.0 Å². The summed E-state index contributed by atoms with van der Waals surface area (Å²) in [6.45, 7) is 3.38. The molecule has 15 heavy (non-hydrogen) atoms. The summed E-state index contributed by atoms with van der Waals surface area (Å²) in [7, 11) is -3.35. The molecule has 1 aromatic heterocycles. The minimum absolute atomic E-state index is 0.613. The maximum atomic E-state index is 12.0. The van der Waals surface area contributed by atoms with Gasteiger partial charge in [0.05, 0.1) is 0 Å². The van der Waals surface area contributed by atoms with Crippen molar-refractivity contribution in [1.29, 1.82) is 0 Å². The first-order valence-electron chi connectivity index (χ1n) is 5.09. The number of imidazole rings is 1. The summed E-state index contributed by atoms with van der Waals surface area (Å²) in [4.78, 5) is 3.76. The van der Waals surface area contributed by atoms with E-state index in [0.717, 1.165) is 12.8 Å². The van der Waals surface area contributed by atoms with E-state index in [1.807, 2.05) is 0 Å². The normalized spacial score (nSPS) is 20.6. The number of hydrogen-bond donors (Lipinski definition) is 0. The van der Waals surface area contributed by atoms with Crippen molar-refractivity contribution < 1.29 is 8.42 Å². The molecule has 1 fully saturated rings. The van der Waals surface area contributed by atoms with Crippen LogP contribution in [0.5, 0.6) is 0 Å². The molecule has 1 aromatic rings. The third-order valence-electron chi connectivity index (χ3n) is 2.82. The Balaban J connectivity index is 2.17. The van der Waals surface area contributed by atoms with Crippen molar-refractivity contribution in [1.82, 2.24) is 13.3 Å². The Morgan fingerprint density at radius 2 is 2.00 bits per heavy atom. The molecule has 84 valence electrons. The van der Waals surface area contributed by atoms with Crippen LogP contribution in [0.4, 0.5) is 0 Å². The van der Waals surface area contributed by atoms with Gasteiger partial charge >= 0.3 is 10.2 Å². The minimum Gasteiger partial charge on any atom is -0.244 e. The summed E-state index contributed by atoms with van der Waals surface area (Å²) >= 11 is 0. The highest BCUT2D eigenvalue weighted by atomic mass is 32.2. The van der Waals surface area contributed by atoms with Gasteiger partial charge in [-0.3, -0.25) is 0 Å². The SMILES string of the molecule is CC1CCN(S(=O)(=O)n2ccnc2)CC1. The second kappa shape index (κ2) is 3.94. The smallest absolute Gasteiger partial charge is 0.244 e. The fourth-order valence-corrected chi connectivity index (χ4v) is 3.05. The fraction of sp³-hybridized carbons (Fsp3) is 0.667. The summed E-state index contributed by atoms with van der Waals surface area (Å²) in [6.07, 6.45) is 6.15. The molecule has 0 unspecified atom stereocenters. The highest BCUT2D eigenvalue weighted by Gasteiger charge is 2.27. The van der Waals surface area contributed by atoms with Gasteiger partial charge in [-0.2, -0.15) is 12.7 Å². The first kappa shape index (κ1) is 10.6. The van der Waals surface area contributed by atoms with Crippen LogP contribution in [0.25, 0.3) is 0 Å². The van der Waals surface area contributed by atoms with E-state index in [9.17, 15) is 8.42 Å². The van der Waals surface area contributed by atoms with Gasteiger partial charge in [-0.05, 0) is 18.8 Å². The van der Waals surface area contributed by atoms with Crippen LogP contribution >= 0.6 is 0 Å². The predicted octanol–water partition coefficient (Wildman–Crippen LogP) is 0.708. The van der Waals surface area contributed by atoms with Gasteiger partial charge in [-0.1, -0.05) is 6.92 Å². The number of rotatable bonds is 2. The van der Waals surface area contributed by atoms with E-state index < -0.39 is 10.2 Å². The summed E-state index contributed by atoms with van der Waals surface area (Å²) in [5.41, 5.74) is 0. The third-order valence-corrected chi connectivity index (χ3v) is 4.58.